The normalized spacial score (nSPS) is 23.4. The fourth-order valence-corrected chi connectivity index (χ4v) is 2.56. The highest BCUT2D eigenvalue weighted by molar-refractivity contribution is 5.94. The van der Waals surface area contributed by atoms with Gasteiger partial charge in [-0.25, -0.2) is 4.39 Å². The minimum atomic E-state index is -0.397. The van der Waals surface area contributed by atoms with E-state index in [9.17, 15) is 14.3 Å². The van der Waals surface area contributed by atoms with E-state index in [1.807, 2.05) is 6.92 Å². The Morgan fingerprint density at radius 1 is 1.50 bits per heavy atom. The van der Waals surface area contributed by atoms with Crippen molar-refractivity contribution in [2.45, 2.75) is 26.3 Å². The van der Waals surface area contributed by atoms with Gasteiger partial charge in [-0.2, -0.15) is 0 Å². The van der Waals surface area contributed by atoms with Crippen molar-refractivity contribution in [3.8, 4) is 0 Å². The summed E-state index contributed by atoms with van der Waals surface area (Å²) in [5.74, 6) is -0.305. The molecule has 0 bridgehead atoms. The minimum absolute atomic E-state index is 0.0405. The minimum Gasteiger partial charge on any atom is -0.394 e. The van der Waals surface area contributed by atoms with Gasteiger partial charge in [0.1, 0.15) is 5.82 Å². The predicted octanol–water partition coefficient (Wildman–Crippen LogP) is 1.98. The van der Waals surface area contributed by atoms with E-state index in [2.05, 4.69) is 0 Å². The van der Waals surface area contributed by atoms with Crippen LogP contribution in [0.5, 0.6) is 0 Å². The van der Waals surface area contributed by atoms with Gasteiger partial charge < -0.3 is 10.0 Å². The molecule has 0 radical (unpaired) electrons. The lowest BCUT2D eigenvalue weighted by molar-refractivity contribution is 0.0647. The summed E-state index contributed by atoms with van der Waals surface area (Å²) < 4.78 is 13.3. The van der Waals surface area contributed by atoms with E-state index in [0.717, 1.165) is 12.0 Å². The number of benzene rings is 1. The van der Waals surface area contributed by atoms with Crippen molar-refractivity contribution in [2.24, 2.45) is 5.92 Å². The van der Waals surface area contributed by atoms with Crippen LogP contribution in [-0.4, -0.2) is 35.1 Å². The van der Waals surface area contributed by atoms with Gasteiger partial charge in [0.15, 0.2) is 0 Å². The van der Waals surface area contributed by atoms with Crippen molar-refractivity contribution in [1.82, 2.24) is 4.90 Å². The second-order valence-corrected chi connectivity index (χ2v) is 5.03. The SMILES string of the molecule is Cc1cc(F)cc(C(=O)N2CCC(C)C2CO)c1. The molecule has 1 aromatic rings. The first-order valence-corrected chi connectivity index (χ1v) is 6.22. The highest BCUT2D eigenvalue weighted by Crippen LogP contribution is 2.25. The Balaban J connectivity index is 2.25. The molecule has 98 valence electrons. The maximum Gasteiger partial charge on any atom is 0.254 e. The molecule has 3 nitrogen and oxygen atoms in total. The second kappa shape index (κ2) is 5.06. The molecule has 0 saturated carbocycles. The quantitative estimate of drug-likeness (QED) is 0.873. The van der Waals surface area contributed by atoms with Gasteiger partial charge in [0.05, 0.1) is 12.6 Å². The molecule has 0 spiro atoms. The van der Waals surface area contributed by atoms with Crippen LogP contribution in [-0.2, 0) is 0 Å². The molecule has 1 heterocycles. The first-order valence-electron chi connectivity index (χ1n) is 6.22. The Kier molecular flexibility index (Phi) is 3.66. The van der Waals surface area contributed by atoms with Crippen LogP contribution in [0.25, 0.3) is 0 Å². The monoisotopic (exact) mass is 251 g/mol. The average Bonchev–Trinajstić information content (AvgIpc) is 2.68. The number of nitrogens with zero attached hydrogens (tertiary/aromatic N) is 1. The van der Waals surface area contributed by atoms with Crippen LogP contribution in [0.4, 0.5) is 4.39 Å². The van der Waals surface area contributed by atoms with Crippen molar-refractivity contribution in [1.29, 1.82) is 0 Å². The first-order chi connectivity index (χ1) is 8.52. The number of rotatable bonds is 2. The van der Waals surface area contributed by atoms with E-state index in [1.165, 1.54) is 12.1 Å². The van der Waals surface area contributed by atoms with Crippen LogP contribution < -0.4 is 0 Å². The van der Waals surface area contributed by atoms with Gasteiger partial charge in [-0.1, -0.05) is 6.92 Å². The van der Waals surface area contributed by atoms with Gasteiger partial charge in [0.25, 0.3) is 5.91 Å². The number of amides is 1. The van der Waals surface area contributed by atoms with E-state index < -0.39 is 5.82 Å². The van der Waals surface area contributed by atoms with E-state index >= 15 is 0 Å². The molecule has 1 amide bonds. The second-order valence-electron chi connectivity index (χ2n) is 5.03. The lowest BCUT2D eigenvalue weighted by Gasteiger charge is -2.25. The molecule has 2 atom stereocenters. The number of carbonyl (C=O) groups excluding carboxylic acids is 1. The molecule has 2 unspecified atom stereocenters. The number of aliphatic hydroxyl groups excluding tert-OH is 1. The van der Waals surface area contributed by atoms with Crippen molar-refractivity contribution < 1.29 is 14.3 Å². The summed E-state index contributed by atoms with van der Waals surface area (Å²) in [6, 6.07) is 4.18. The number of halogens is 1. The highest BCUT2D eigenvalue weighted by atomic mass is 19.1. The molecule has 18 heavy (non-hydrogen) atoms. The van der Waals surface area contributed by atoms with Gasteiger partial charge >= 0.3 is 0 Å². The maximum atomic E-state index is 13.3. The molecule has 0 aliphatic carbocycles. The number of aryl methyl sites for hydroxylation is 1. The van der Waals surface area contributed by atoms with Crippen LogP contribution in [0.2, 0.25) is 0 Å². The summed E-state index contributed by atoms with van der Waals surface area (Å²) in [6.45, 7) is 4.36. The van der Waals surface area contributed by atoms with Gasteiger partial charge in [0, 0.05) is 12.1 Å². The summed E-state index contributed by atoms with van der Waals surface area (Å²) in [4.78, 5) is 14.0. The molecule has 4 heteroatoms. The van der Waals surface area contributed by atoms with Crippen molar-refractivity contribution in [3.63, 3.8) is 0 Å². The maximum absolute atomic E-state index is 13.3. The van der Waals surface area contributed by atoms with Crippen molar-refractivity contribution >= 4 is 5.91 Å². The Labute approximate surface area is 106 Å². The molecule has 1 saturated heterocycles. The van der Waals surface area contributed by atoms with Crippen molar-refractivity contribution in [3.05, 3.63) is 35.1 Å². The number of carbonyl (C=O) groups is 1. The number of aliphatic hydroxyl groups is 1. The van der Waals surface area contributed by atoms with Gasteiger partial charge in [-0.3, -0.25) is 4.79 Å². The van der Waals surface area contributed by atoms with E-state index in [1.54, 1.807) is 17.9 Å². The molecule has 1 N–H and O–H groups in total. The Morgan fingerprint density at radius 3 is 2.83 bits per heavy atom. The molecule has 1 fully saturated rings. The average molecular weight is 251 g/mol. The third-order valence-corrected chi connectivity index (χ3v) is 3.62. The van der Waals surface area contributed by atoms with Gasteiger partial charge in [-0.15, -0.1) is 0 Å². The summed E-state index contributed by atoms with van der Waals surface area (Å²) in [7, 11) is 0. The Hall–Kier alpha value is -1.42. The van der Waals surface area contributed by atoms with E-state index in [-0.39, 0.29) is 24.5 Å². The molecule has 1 aliphatic rings. The third kappa shape index (κ3) is 2.38. The van der Waals surface area contributed by atoms with Crippen LogP contribution in [0, 0.1) is 18.7 Å². The van der Waals surface area contributed by atoms with Crippen LogP contribution in [0.1, 0.15) is 29.3 Å². The first kappa shape index (κ1) is 13.0. The molecule has 0 aromatic heterocycles. The summed E-state index contributed by atoms with van der Waals surface area (Å²) in [5.41, 5.74) is 1.09. The number of hydrogen-bond donors (Lipinski definition) is 1. The predicted molar refractivity (Wildman–Crippen MR) is 66.8 cm³/mol. The van der Waals surface area contributed by atoms with Crippen LogP contribution in [0.15, 0.2) is 18.2 Å². The summed E-state index contributed by atoms with van der Waals surface area (Å²) >= 11 is 0. The lowest BCUT2D eigenvalue weighted by atomic mass is 10.0. The van der Waals surface area contributed by atoms with E-state index in [4.69, 9.17) is 0 Å². The van der Waals surface area contributed by atoms with E-state index in [0.29, 0.717) is 12.1 Å². The zero-order valence-electron chi connectivity index (χ0n) is 10.7. The van der Waals surface area contributed by atoms with Crippen LogP contribution >= 0.6 is 0 Å². The van der Waals surface area contributed by atoms with Gasteiger partial charge in [0.2, 0.25) is 0 Å². The lowest BCUT2D eigenvalue weighted by Crippen LogP contribution is -2.39. The number of likely N-dealkylation sites (tertiary alicyclic amines) is 1. The largest absolute Gasteiger partial charge is 0.394 e. The zero-order chi connectivity index (χ0) is 13.3. The molecular formula is C14H18FNO2. The highest BCUT2D eigenvalue weighted by Gasteiger charge is 2.34. The Bertz CT molecular complexity index is 441. The fraction of sp³-hybridized carbons (Fsp3) is 0.500. The summed E-state index contributed by atoms with van der Waals surface area (Å²) in [6.07, 6.45) is 0.880. The number of hydrogen-bond acceptors (Lipinski definition) is 2. The molecule has 1 aliphatic heterocycles. The third-order valence-electron chi connectivity index (χ3n) is 3.62. The van der Waals surface area contributed by atoms with Crippen molar-refractivity contribution in [2.75, 3.05) is 13.2 Å². The molecule has 1 aromatic carbocycles. The fourth-order valence-electron chi connectivity index (χ4n) is 2.56. The van der Waals surface area contributed by atoms with Crippen LogP contribution in [0.3, 0.4) is 0 Å². The molecule has 2 rings (SSSR count). The van der Waals surface area contributed by atoms with Gasteiger partial charge in [-0.05, 0) is 43.0 Å². The molecular weight excluding hydrogens is 233 g/mol. The summed E-state index contributed by atoms with van der Waals surface area (Å²) in [5, 5.41) is 9.34. The Morgan fingerprint density at radius 2 is 2.22 bits per heavy atom. The zero-order valence-corrected chi connectivity index (χ0v) is 10.7. The smallest absolute Gasteiger partial charge is 0.254 e. The standard InChI is InChI=1S/C14H18FNO2/c1-9-5-11(7-12(15)6-9)14(18)16-4-3-10(2)13(16)8-17/h5-7,10,13,17H,3-4,8H2,1-2H3. The topological polar surface area (TPSA) is 40.5 Å².